The number of carbonyl (C=O) groups excluding carboxylic acids is 2. The summed E-state index contributed by atoms with van der Waals surface area (Å²) < 4.78 is 32.7. The van der Waals surface area contributed by atoms with Crippen LogP contribution in [0.3, 0.4) is 0 Å². The second-order valence-corrected chi connectivity index (χ2v) is 8.73. The molecule has 0 fully saturated rings. The Morgan fingerprint density at radius 1 is 1.10 bits per heavy atom. The van der Waals surface area contributed by atoms with E-state index in [2.05, 4.69) is 0 Å². The van der Waals surface area contributed by atoms with Gasteiger partial charge < -0.3 is 9.64 Å². The number of methoxy groups -OCH3 is 1. The summed E-state index contributed by atoms with van der Waals surface area (Å²) in [7, 11) is -2.70. The molecule has 1 aliphatic heterocycles. The average molecular weight is 412 g/mol. The van der Waals surface area contributed by atoms with Crippen LogP contribution in [0.25, 0.3) is 10.9 Å². The number of amides is 1. The Kier molecular flexibility index (Phi) is 4.66. The number of esters is 1. The van der Waals surface area contributed by atoms with E-state index < -0.39 is 16.0 Å². The van der Waals surface area contributed by atoms with Crippen LogP contribution in [0, 0.1) is 0 Å². The van der Waals surface area contributed by atoms with Gasteiger partial charge in [-0.1, -0.05) is 18.2 Å². The van der Waals surface area contributed by atoms with Crippen LogP contribution in [0.4, 0.5) is 5.69 Å². The van der Waals surface area contributed by atoms with Gasteiger partial charge in [-0.2, -0.15) is 0 Å². The lowest BCUT2D eigenvalue weighted by molar-refractivity contribution is -0.116. The van der Waals surface area contributed by atoms with Gasteiger partial charge in [-0.3, -0.25) is 4.79 Å². The Labute approximate surface area is 168 Å². The van der Waals surface area contributed by atoms with Crippen molar-refractivity contribution in [1.82, 2.24) is 3.97 Å². The maximum absolute atomic E-state index is 13.4. The molecule has 0 unspecified atom stereocenters. The van der Waals surface area contributed by atoms with Gasteiger partial charge in [0.25, 0.3) is 10.0 Å². The summed E-state index contributed by atoms with van der Waals surface area (Å²) in [4.78, 5) is 25.8. The van der Waals surface area contributed by atoms with Crippen molar-refractivity contribution in [3.63, 3.8) is 0 Å². The van der Waals surface area contributed by atoms with Crippen LogP contribution >= 0.6 is 0 Å². The molecule has 150 valence electrons. The van der Waals surface area contributed by atoms with Gasteiger partial charge in [0, 0.05) is 30.7 Å². The zero-order valence-electron chi connectivity index (χ0n) is 16.1. The van der Waals surface area contributed by atoms with Gasteiger partial charge in [0.2, 0.25) is 5.91 Å². The number of anilines is 1. The smallest absolute Gasteiger partial charge is 0.340 e. The van der Waals surface area contributed by atoms with E-state index in [1.165, 1.54) is 26.3 Å². The third kappa shape index (κ3) is 3.09. The molecule has 0 saturated carbocycles. The van der Waals surface area contributed by atoms with E-state index in [1.54, 1.807) is 41.3 Å². The van der Waals surface area contributed by atoms with Gasteiger partial charge in [-0.15, -0.1) is 0 Å². The van der Waals surface area contributed by atoms with E-state index in [1.807, 2.05) is 0 Å². The van der Waals surface area contributed by atoms with Gasteiger partial charge in [-0.25, -0.2) is 17.2 Å². The number of rotatable bonds is 3. The second-order valence-electron chi connectivity index (χ2n) is 6.92. The molecule has 2 heterocycles. The molecule has 0 N–H and O–H groups in total. The Morgan fingerprint density at radius 2 is 1.86 bits per heavy atom. The molecule has 8 heteroatoms. The number of nitrogens with zero attached hydrogens (tertiary/aromatic N) is 2. The summed E-state index contributed by atoms with van der Waals surface area (Å²) >= 11 is 0. The Bertz CT molecular complexity index is 1240. The topological polar surface area (TPSA) is 85.7 Å². The third-order valence-corrected chi connectivity index (χ3v) is 6.86. The number of carbonyl (C=O) groups is 2. The quantitative estimate of drug-likeness (QED) is 0.618. The molecule has 7 nitrogen and oxygen atoms in total. The minimum Gasteiger partial charge on any atom is -0.465 e. The number of hydrogen-bond donors (Lipinski definition) is 0. The highest BCUT2D eigenvalue weighted by atomic mass is 32.2. The normalized spacial score (nSPS) is 13.9. The van der Waals surface area contributed by atoms with E-state index >= 15 is 0 Å². The highest BCUT2D eigenvalue weighted by molar-refractivity contribution is 7.90. The largest absolute Gasteiger partial charge is 0.465 e. The molecule has 1 aliphatic rings. The summed E-state index contributed by atoms with van der Waals surface area (Å²) in [6.07, 6.45) is 2.77. The van der Waals surface area contributed by atoms with E-state index in [-0.39, 0.29) is 16.4 Å². The number of aromatic nitrogens is 1. The van der Waals surface area contributed by atoms with E-state index in [9.17, 15) is 18.0 Å². The highest BCUT2D eigenvalue weighted by Gasteiger charge is 2.26. The number of aryl methyl sites for hydroxylation is 1. The molecule has 0 radical (unpaired) electrons. The molecule has 2 aromatic carbocycles. The maximum Gasteiger partial charge on any atom is 0.340 e. The Hall–Kier alpha value is -3.13. The zero-order valence-corrected chi connectivity index (χ0v) is 16.9. The number of benzene rings is 2. The summed E-state index contributed by atoms with van der Waals surface area (Å²) in [5.74, 6) is -0.668. The molecule has 4 rings (SSSR count). The van der Waals surface area contributed by atoms with Crippen LogP contribution in [-0.4, -0.2) is 37.9 Å². The minimum absolute atomic E-state index is 0.0688. The lowest BCUT2D eigenvalue weighted by Crippen LogP contribution is -2.33. The van der Waals surface area contributed by atoms with Crippen LogP contribution in [0.2, 0.25) is 0 Å². The van der Waals surface area contributed by atoms with E-state index in [0.717, 1.165) is 21.6 Å². The maximum atomic E-state index is 13.4. The molecule has 0 saturated heterocycles. The van der Waals surface area contributed by atoms with Crippen molar-refractivity contribution in [2.75, 3.05) is 18.6 Å². The predicted octanol–water partition coefficient (Wildman–Crippen LogP) is 2.96. The fourth-order valence-electron chi connectivity index (χ4n) is 3.80. The minimum atomic E-state index is -3.95. The van der Waals surface area contributed by atoms with Gasteiger partial charge in [0.1, 0.15) is 0 Å². The number of ether oxygens (including phenoxy) is 1. The summed E-state index contributed by atoms with van der Waals surface area (Å²) in [5, 5.41) is 0.503. The standard InChI is InChI=1S/C21H20N2O5S/c1-14(24)22-11-5-6-15-12-16(9-10-19(15)22)29(26,27)23-13-18(21(25)28-2)17-7-3-4-8-20(17)23/h3-4,7-10,12-13H,5-6,11H2,1-2H3. The zero-order chi connectivity index (χ0) is 20.8. The molecular weight excluding hydrogens is 392 g/mol. The molecule has 29 heavy (non-hydrogen) atoms. The SMILES string of the molecule is COC(=O)c1cn(S(=O)(=O)c2ccc3c(c2)CCCN3C(C)=O)c2ccccc12. The van der Waals surface area contributed by atoms with Crippen LogP contribution in [-0.2, 0) is 26.0 Å². The first-order valence-electron chi connectivity index (χ1n) is 9.19. The van der Waals surface area contributed by atoms with Crippen molar-refractivity contribution in [3.8, 4) is 0 Å². The number of hydrogen-bond acceptors (Lipinski definition) is 5. The molecule has 1 amide bonds. The van der Waals surface area contributed by atoms with Crippen molar-refractivity contribution in [3.05, 3.63) is 59.8 Å². The lowest BCUT2D eigenvalue weighted by atomic mass is 10.0. The first kappa shape index (κ1) is 19.2. The van der Waals surface area contributed by atoms with Gasteiger partial charge in [-0.05, 0) is 42.7 Å². The van der Waals surface area contributed by atoms with Crippen LogP contribution < -0.4 is 4.90 Å². The van der Waals surface area contributed by atoms with Gasteiger partial charge >= 0.3 is 5.97 Å². The monoisotopic (exact) mass is 412 g/mol. The van der Waals surface area contributed by atoms with E-state index in [4.69, 9.17) is 4.74 Å². The first-order valence-corrected chi connectivity index (χ1v) is 10.6. The molecule has 0 spiro atoms. The molecule has 0 atom stereocenters. The number of para-hydroxylation sites is 1. The first-order chi connectivity index (χ1) is 13.8. The van der Waals surface area contributed by atoms with Gasteiger partial charge in [0.05, 0.1) is 23.1 Å². The fraction of sp³-hybridized carbons (Fsp3) is 0.238. The lowest BCUT2D eigenvalue weighted by Gasteiger charge is -2.28. The summed E-state index contributed by atoms with van der Waals surface area (Å²) in [5.41, 5.74) is 2.15. The fourth-order valence-corrected chi connectivity index (χ4v) is 5.22. The molecule has 0 aliphatic carbocycles. The average Bonchev–Trinajstić information content (AvgIpc) is 3.12. The second kappa shape index (κ2) is 7.04. The summed E-state index contributed by atoms with van der Waals surface area (Å²) in [6, 6.07) is 11.6. The molecule has 3 aromatic rings. The Morgan fingerprint density at radius 3 is 2.59 bits per heavy atom. The van der Waals surface area contributed by atoms with Gasteiger partial charge in [0.15, 0.2) is 0 Å². The van der Waals surface area contributed by atoms with Crippen LogP contribution in [0.15, 0.2) is 53.6 Å². The van der Waals surface area contributed by atoms with Crippen molar-refractivity contribution in [1.29, 1.82) is 0 Å². The molecule has 1 aromatic heterocycles. The van der Waals surface area contributed by atoms with Crippen molar-refractivity contribution < 1.29 is 22.7 Å². The van der Waals surface area contributed by atoms with Crippen molar-refractivity contribution in [2.24, 2.45) is 0 Å². The predicted molar refractivity (Wildman–Crippen MR) is 109 cm³/mol. The van der Waals surface area contributed by atoms with Crippen molar-refractivity contribution in [2.45, 2.75) is 24.7 Å². The number of fused-ring (bicyclic) bond motifs is 2. The summed E-state index contributed by atoms with van der Waals surface area (Å²) in [6.45, 7) is 2.12. The van der Waals surface area contributed by atoms with Crippen LogP contribution in [0.5, 0.6) is 0 Å². The highest BCUT2D eigenvalue weighted by Crippen LogP contribution is 2.32. The van der Waals surface area contributed by atoms with Crippen molar-refractivity contribution >= 4 is 38.5 Å². The van der Waals surface area contributed by atoms with Crippen LogP contribution in [0.1, 0.15) is 29.3 Å². The Balaban J connectivity index is 1.87. The molecular formula is C21H20N2O5S. The third-order valence-electron chi connectivity index (χ3n) is 5.19. The molecule has 0 bridgehead atoms. The van der Waals surface area contributed by atoms with E-state index in [0.29, 0.717) is 23.9 Å².